The van der Waals surface area contributed by atoms with Gasteiger partial charge in [-0.3, -0.25) is 9.59 Å². The van der Waals surface area contributed by atoms with Crippen molar-refractivity contribution < 1.29 is 73.8 Å². The molecule has 2 saturated heterocycles. The lowest BCUT2D eigenvalue weighted by atomic mass is 9.98. The molecule has 2 fully saturated rings. The van der Waals surface area contributed by atoms with Crippen LogP contribution in [0.5, 0.6) is 0 Å². The summed E-state index contributed by atoms with van der Waals surface area (Å²) in [5.41, 5.74) is 0. The quantitative estimate of drug-likeness (QED) is 0.0220. The highest BCUT2D eigenvalue weighted by Crippen LogP contribution is 2.26. The Morgan fingerprint density at radius 2 is 0.984 bits per heavy atom. The van der Waals surface area contributed by atoms with Crippen molar-refractivity contribution in [3.05, 3.63) is 48.6 Å². The third kappa shape index (κ3) is 24.8. The monoisotopic (exact) mass is 913 g/mol. The van der Waals surface area contributed by atoms with Gasteiger partial charge in [-0.1, -0.05) is 159 Å². The Bertz CT molecular complexity index is 1300. The summed E-state index contributed by atoms with van der Waals surface area (Å²) in [4.78, 5) is 25.7. The zero-order valence-corrected chi connectivity index (χ0v) is 38.8. The van der Waals surface area contributed by atoms with Gasteiger partial charge in [0.1, 0.15) is 55.4 Å². The van der Waals surface area contributed by atoms with Gasteiger partial charge in [-0.2, -0.15) is 0 Å². The highest BCUT2D eigenvalue weighted by molar-refractivity contribution is 5.70. The van der Waals surface area contributed by atoms with E-state index in [4.69, 9.17) is 28.4 Å². The Kier molecular flexibility index (Phi) is 32.9. The maximum atomic E-state index is 13.0. The molecule has 0 aromatic heterocycles. The molecule has 15 heteroatoms. The number of esters is 2. The minimum absolute atomic E-state index is 0.139. The number of hydrogen-bond acceptors (Lipinski definition) is 15. The molecular weight excluding hydrogens is 829 g/mol. The Morgan fingerprint density at radius 3 is 1.55 bits per heavy atom. The molecular formula is C49H84O15. The summed E-state index contributed by atoms with van der Waals surface area (Å²) < 4.78 is 33.5. The molecule has 2 aliphatic heterocycles. The second-order valence-corrected chi connectivity index (χ2v) is 17.0. The van der Waals surface area contributed by atoms with Crippen molar-refractivity contribution in [2.75, 3.05) is 26.4 Å². The lowest BCUT2D eigenvalue weighted by Crippen LogP contribution is -2.61. The van der Waals surface area contributed by atoms with Crippen molar-refractivity contribution in [1.82, 2.24) is 0 Å². The average Bonchev–Trinajstić information content (AvgIpc) is 3.29. The lowest BCUT2D eigenvalue weighted by Gasteiger charge is -2.42. The SMILES string of the molecule is CC/C=C/C=C/C=C/C=C/CCCCCCCC(=O)O[C@H](COC(=O)CCCCCCCCCCCCCCC)CO[C@@H]1O[C@H](CO[C@@H]2O[C@H](CO)[C@H](O)C(O)C2O)[C@H](O)C(O)C1O. The summed E-state index contributed by atoms with van der Waals surface area (Å²) in [6.07, 6.45) is 21.4. The molecule has 0 spiro atoms. The van der Waals surface area contributed by atoms with Crippen LogP contribution >= 0.6 is 0 Å². The smallest absolute Gasteiger partial charge is 0.306 e. The van der Waals surface area contributed by atoms with Crippen LogP contribution in [0.15, 0.2) is 48.6 Å². The van der Waals surface area contributed by atoms with E-state index in [0.717, 1.165) is 57.8 Å². The molecule has 4 unspecified atom stereocenters. The third-order valence-corrected chi connectivity index (χ3v) is 11.4. The molecule has 0 aliphatic carbocycles. The molecule has 2 rings (SSSR count). The van der Waals surface area contributed by atoms with Crippen molar-refractivity contribution >= 4 is 11.9 Å². The van der Waals surface area contributed by atoms with Gasteiger partial charge in [0.2, 0.25) is 0 Å². The first-order valence-electron chi connectivity index (χ1n) is 24.3. The van der Waals surface area contributed by atoms with Crippen LogP contribution in [-0.2, 0) is 38.0 Å². The number of carbonyl (C=O) groups excluding carboxylic acids is 2. The second-order valence-electron chi connectivity index (χ2n) is 17.0. The molecule has 0 aromatic rings. The predicted octanol–water partition coefficient (Wildman–Crippen LogP) is 5.93. The van der Waals surface area contributed by atoms with Gasteiger partial charge in [-0.25, -0.2) is 0 Å². The van der Waals surface area contributed by atoms with Gasteiger partial charge in [0, 0.05) is 12.8 Å². The average molecular weight is 913 g/mol. The number of carbonyl (C=O) groups is 2. The minimum Gasteiger partial charge on any atom is -0.462 e. The second kappa shape index (κ2) is 36.6. The van der Waals surface area contributed by atoms with Crippen molar-refractivity contribution in [1.29, 1.82) is 0 Å². The molecule has 64 heavy (non-hydrogen) atoms. The fourth-order valence-electron chi connectivity index (χ4n) is 7.40. The highest BCUT2D eigenvalue weighted by Gasteiger charge is 2.47. The Morgan fingerprint density at radius 1 is 0.516 bits per heavy atom. The van der Waals surface area contributed by atoms with Crippen LogP contribution in [0.25, 0.3) is 0 Å². The topological polar surface area (TPSA) is 231 Å². The van der Waals surface area contributed by atoms with Crippen LogP contribution in [0.4, 0.5) is 0 Å². The third-order valence-electron chi connectivity index (χ3n) is 11.4. The van der Waals surface area contributed by atoms with Gasteiger partial charge in [0.25, 0.3) is 0 Å². The molecule has 370 valence electrons. The Balaban J connectivity index is 1.85. The maximum Gasteiger partial charge on any atom is 0.306 e. The number of ether oxygens (including phenoxy) is 6. The van der Waals surface area contributed by atoms with Gasteiger partial charge in [0.15, 0.2) is 18.7 Å². The van der Waals surface area contributed by atoms with Gasteiger partial charge >= 0.3 is 11.9 Å². The van der Waals surface area contributed by atoms with Crippen LogP contribution in [0.3, 0.4) is 0 Å². The number of hydrogen-bond donors (Lipinski definition) is 7. The number of rotatable bonds is 36. The largest absolute Gasteiger partial charge is 0.462 e. The summed E-state index contributed by atoms with van der Waals surface area (Å²) >= 11 is 0. The van der Waals surface area contributed by atoms with Crippen LogP contribution in [0.2, 0.25) is 0 Å². The zero-order valence-electron chi connectivity index (χ0n) is 38.8. The van der Waals surface area contributed by atoms with Crippen molar-refractivity contribution in [2.45, 2.75) is 223 Å². The van der Waals surface area contributed by atoms with Crippen LogP contribution < -0.4 is 0 Å². The predicted molar refractivity (Wildman–Crippen MR) is 243 cm³/mol. The highest BCUT2D eigenvalue weighted by atomic mass is 16.7. The number of unbranched alkanes of at least 4 members (excludes halogenated alkanes) is 17. The summed E-state index contributed by atoms with van der Waals surface area (Å²) in [7, 11) is 0. The van der Waals surface area contributed by atoms with E-state index in [9.17, 15) is 45.3 Å². The molecule has 0 bridgehead atoms. The molecule has 0 radical (unpaired) electrons. The fraction of sp³-hybridized carbons (Fsp3) is 0.796. The molecule has 0 amide bonds. The van der Waals surface area contributed by atoms with Crippen molar-refractivity contribution in [3.8, 4) is 0 Å². The van der Waals surface area contributed by atoms with Crippen LogP contribution in [-0.4, -0.2) is 142 Å². The van der Waals surface area contributed by atoms with E-state index in [2.05, 4.69) is 26.0 Å². The van der Waals surface area contributed by atoms with E-state index >= 15 is 0 Å². The van der Waals surface area contributed by atoms with Gasteiger partial charge < -0.3 is 64.2 Å². The van der Waals surface area contributed by atoms with E-state index in [0.29, 0.717) is 12.8 Å². The molecule has 0 saturated carbocycles. The first kappa shape index (κ1) is 57.6. The van der Waals surface area contributed by atoms with Crippen molar-refractivity contribution in [3.63, 3.8) is 0 Å². The minimum atomic E-state index is -1.77. The van der Waals surface area contributed by atoms with E-state index in [1.54, 1.807) is 0 Å². The number of allylic oxidation sites excluding steroid dienone is 8. The molecule has 2 heterocycles. The van der Waals surface area contributed by atoms with Gasteiger partial charge in [-0.05, 0) is 32.1 Å². The van der Waals surface area contributed by atoms with Crippen LogP contribution in [0, 0.1) is 0 Å². The number of aliphatic hydroxyl groups is 7. The van der Waals surface area contributed by atoms with Gasteiger partial charge in [0.05, 0.1) is 19.8 Å². The van der Waals surface area contributed by atoms with Crippen molar-refractivity contribution in [2.24, 2.45) is 0 Å². The first-order chi connectivity index (χ1) is 31.0. The standard InChI is InChI=1S/C49H84O15/c1-3-5-7-9-11-13-15-17-18-20-22-24-26-28-30-32-41(52)62-37(34-59-40(51)31-29-27-25-23-21-19-16-14-12-10-8-6-4-2)35-60-48-47(58)45(56)43(54)39(64-48)36-61-49-46(57)44(55)42(53)38(33-50)63-49/h5,7,9,11,13,15,17-18,37-39,42-50,53-58H,3-4,6,8,10,12,14,16,19-36H2,1-2H3/b7-5+,11-9+,15-13+,18-17+/t37-,38-,39-,42+,43+,44?,45?,46?,47?,48-,49-/m1/s1. The van der Waals surface area contributed by atoms with E-state index < -0.39 is 99.3 Å². The fourth-order valence-corrected chi connectivity index (χ4v) is 7.40. The normalized spacial score (nSPS) is 27.0. The summed E-state index contributed by atoms with van der Waals surface area (Å²) in [6.45, 7) is 2.41. The van der Waals surface area contributed by atoms with E-state index in [1.165, 1.54) is 57.8 Å². The number of aliphatic hydroxyl groups excluding tert-OH is 7. The van der Waals surface area contributed by atoms with Crippen LogP contribution in [0.1, 0.15) is 155 Å². The molecule has 15 nitrogen and oxygen atoms in total. The lowest BCUT2D eigenvalue weighted by molar-refractivity contribution is -0.332. The Labute approximate surface area is 382 Å². The molecule has 7 N–H and O–H groups in total. The molecule has 0 aromatic carbocycles. The molecule has 11 atom stereocenters. The van der Waals surface area contributed by atoms with E-state index in [-0.39, 0.29) is 19.4 Å². The van der Waals surface area contributed by atoms with E-state index in [1.807, 2.05) is 36.5 Å². The maximum absolute atomic E-state index is 13.0. The summed E-state index contributed by atoms with van der Waals surface area (Å²) in [6, 6.07) is 0. The van der Waals surface area contributed by atoms with Gasteiger partial charge in [-0.15, -0.1) is 0 Å². The first-order valence-corrected chi connectivity index (χ1v) is 24.3. The zero-order chi connectivity index (χ0) is 46.8. The Hall–Kier alpha value is -2.54. The summed E-state index contributed by atoms with van der Waals surface area (Å²) in [5, 5.41) is 72.0. The summed E-state index contributed by atoms with van der Waals surface area (Å²) in [5.74, 6) is -0.953. The molecule has 2 aliphatic rings.